The first-order valence-electron chi connectivity index (χ1n) is 9.56. The van der Waals surface area contributed by atoms with E-state index in [-0.39, 0.29) is 24.1 Å². The van der Waals surface area contributed by atoms with E-state index in [1.54, 1.807) is 23.1 Å². The molecular formula is C22H23FN4O4. The first-order valence-corrected chi connectivity index (χ1v) is 9.56. The van der Waals surface area contributed by atoms with E-state index in [4.69, 9.17) is 9.47 Å². The van der Waals surface area contributed by atoms with Crippen molar-refractivity contribution < 1.29 is 23.5 Å². The Morgan fingerprint density at radius 2 is 1.90 bits per heavy atom. The molecule has 0 fully saturated rings. The summed E-state index contributed by atoms with van der Waals surface area (Å²) >= 11 is 0. The third-order valence-electron chi connectivity index (χ3n) is 4.48. The molecular weight excluding hydrogens is 403 g/mol. The second-order valence-electron chi connectivity index (χ2n) is 6.64. The van der Waals surface area contributed by atoms with E-state index in [0.717, 1.165) is 0 Å². The van der Waals surface area contributed by atoms with Crippen LogP contribution in [0.25, 0.3) is 0 Å². The Kier molecular flexibility index (Phi) is 7.21. The van der Waals surface area contributed by atoms with Gasteiger partial charge in [0.25, 0.3) is 5.91 Å². The molecule has 0 unspecified atom stereocenters. The fourth-order valence-corrected chi connectivity index (χ4v) is 2.99. The van der Waals surface area contributed by atoms with Crippen molar-refractivity contribution in [2.45, 2.75) is 13.0 Å². The smallest absolute Gasteiger partial charge is 0.251 e. The molecule has 162 valence electrons. The molecule has 31 heavy (non-hydrogen) atoms. The summed E-state index contributed by atoms with van der Waals surface area (Å²) in [7, 11) is 2.89. The number of halogens is 1. The molecule has 2 aromatic carbocycles. The van der Waals surface area contributed by atoms with Gasteiger partial charge < -0.3 is 20.1 Å². The monoisotopic (exact) mass is 426 g/mol. The maximum Gasteiger partial charge on any atom is 0.251 e. The molecule has 0 radical (unpaired) electrons. The van der Waals surface area contributed by atoms with Crippen LogP contribution in [0.4, 0.5) is 10.1 Å². The second kappa shape index (κ2) is 10.2. The lowest BCUT2D eigenvalue weighted by molar-refractivity contribution is -0.115. The molecule has 9 heteroatoms. The van der Waals surface area contributed by atoms with Crippen LogP contribution in [0.1, 0.15) is 15.9 Å². The molecule has 0 aliphatic carbocycles. The molecule has 1 heterocycles. The van der Waals surface area contributed by atoms with Gasteiger partial charge in [0.1, 0.15) is 5.82 Å². The van der Waals surface area contributed by atoms with E-state index in [1.807, 2.05) is 0 Å². The van der Waals surface area contributed by atoms with Crippen LogP contribution in [-0.4, -0.2) is 42.4 Å². The zero-order valence-electron chi connectivity index (χ0n) is 17.2. The third kappa shape index (κ3) is 5.81. The lowest BCUT2D eigenvalue weighted by atomic mass is 10.1. The van der Waals surface area contributed by atoms with Crippen LogP contribution in [0.5, 0.6) is 11.5 Å². The van der Waals surface area contributed by atoms with E-state index in [1.165, 1.54) is 50.6 Å². The quantitative estimate of drug-likeness (QED) is 0.549. The van der Waals surface area contributed by atoms with Crippen molar-refractivity contribution in [1.82, 2.24) is 15.1 Å². The topological polar surface area (TPSA) is 94.5 Å². The number of hydrogen-bond donors (Lipinski definition) is 2. The van der Waals surface area contributed by atoms with Gasteiger partial charge in [-0.1, -0.05) is 12.1 Å². The molecule has 0 saturated carbocycles. The summed E-state index contributed by atoms with van der Waals surface area (Å²) in [6.07, 6.45) is 3.50. The molecule has 0 aliphatic heterocycles. The Hall–Kier alpha value is -3.88. The number of nitrogens with one attached hydrogen (secondary N) is 2. The Balaban J connectivity index is 1.73. The highest BCUT2D eigenvalue weighted by Crippen LogP contribution is 2.36. The van der Waals surface area contributed by atoms with Crippen molar-refractivity contribution in [2.75, 3.05) is 26.1 Å². The maximum atomic E-state index is 13.1. The third-order valence-corrected chi connectivity index (χ3v) is 4.48. The first kappa shape index (κ1) is 21.8. The van der Waals surface area contributed by atoms with E-state index in [2.05, 4.69) is 15.7 Å². The van der Waals surface area contributed by atoms with Gasteiger partial charge in [-0.2, -0.15) is 5.10 Å². The summed E-state index contributed by atoms with van der Waals surface area (Å²) in [6.45, 7) is 0.897. The average molecular weight is 426 g/mol. The van der Waals surface area contributed by atoms with Gasteiger partial charge >= 0.3 is 0 Å². The van der Waals surface area contributed by atoms with Crippen LogP contribution < -0.4 is 20.1 Å². The van der Waals surface area contributed by atoms with E-state index >= 15 is 0 Å². The van der Waals surface area contributed by atoms with Gasteiger partial charge in [0, 0.05) is 24.5 Å². The highest BCUT2D eigenvalue weighted by molar-refractivity contribution is 5.99. The van der Waals surface area contributed by atoms with Crippen LogP contribution in [0.2, 0.25) is 0 Å². The van der Waals surface area contributed by atoms with Crippen LogP contribution in [0.15, 0.2) is 54.9 Å². The minimum absolute atomic E-state index is 0.0338. The van der Waals surface area contributed by atoms with Gasteiger partial charge in [-0.15, -0.1) is 0 Å². The molecule has 3 aromatic rings. The number of methoxy groups -OCH3 is 2. The lowest BCUT2D eigenvalue weighted by Crippen LogP contribution is -2.27. The summed E-state index contributed by atoms with van der Waals surface area (Å²) < 4.78 is 25.5. The van der Waals surface area contributed by atoms with E-state index in [0.29, 0.717) is 41.4 Å². The molecule has 0 atom stereocenters. The fourth-order valence-electron chi connectivity index (χ4n) is 2.99. The lowest BCUT2D eigenvalue weighted by Gasteiger charge is -2.16. The summed E-state index contributed by atoms with van der Waals surface area (Å²) in [5, 5.41) is 9.63. The number of aromatic nitrogens is 2. The van der Waals surface area contributed by atoms with Crippen LogP contribution >= 0.6 is 0 Å². The van der Waals surface area contributed by atoms with E-state index in [9.17, 15) is 14.0 Å². The van der Waals surface area contributed by atoms with Crippen molar-refractivity contribution in [2.24, 2.45) is 0 Å². The van der Waals surface area contributed by atoms with Gasteiger partial charge in [0.15, 0.2) is 11.5 Å². The Morgan fingerprint density at radius 3 is 2.55 bits per heavy atom. The Morgan fingerprint density at radius 1 is 1.13 bits per heavy atom. The van der Waals surface area contributed by atoms with Crippen LogP contribution in [0, 0.1) is 5.82 Å². The molecule has 0 saturated heterocycles. The van der Waals surface area contributed by atoms with Gasteiger partial charge in [-0.3, -0.25) is 14.3 Å². The molecule has 1 aromatic heterocycles. The first-order chi connectivity index (χ1) is 15.0. The second-order valence-corrected chi connectivity index (χ2v) is 6.64. The number of anilines is 1. The van der Waals surface area contributed by atoms with Crippen molar-refractivity contribution in [3.8, 4) is 11.5 Å². The van der Waals surface area contributed by atoms with Crippen molar-refractivity contribution in [3.63, 3.8) is 0 Å². The van der Waals surface area contributed by atoms with E-state index < -0.39 is 0 Å². The standard InChI is InChI=1S/C22H23FN4O4/c1-30-19-14-16(22(29)24-9-11-27-10-3-8-25-27)13-18(21(19)31-2)26-20(28)12-15-4-6-17(23)7-5-15/h3-8,10,13-14H,9,11-12H2,1-2H3,(H,24,29)(H,26,28). The number of carbonyl (C=O) groups excluding carboxylic acids is 2. The highest BCUT2D eigenvalue weighted by Gasteiger charge is 2.18. The zero-order valence-corrected chi connectivity index (χ0v) is 17.2. The molecule has 2 N–H and O–H groups in total. The highest BCUT2D eigenvalue weighted by atomic mass is 19.1. The van der Waals surface area contributed by atoms with Gasteiger partial charge in [-0.25, -0.2) is 4.39 Å². The molecule has 0 aliphatic rings. The maximum absolute atomic E-state index is 13.1. The predicted molar refractivity (Wildman–Crippen MR) is 113 cm³/mol. The summed E-state index contributed by atoms with van der Waals surface area (Å²) in [5.74, 6) is -0.450. The van der Waals surface area contributed by atoms with Gasteiger partial charge in [0.2, 0.25) is 5.91 Å². The number of ether oxygens (including phenoxy) is 2. The molecule has 0 bridgehead atoms. The Bertz CT molecular complexity index is 1040. The minimum atomic E-state index is -0.373. The Labute approximate surface area is 179 Å². The number of amides is 2. The van der Waals surface area contributed by atoms with Crippen LogP contribution in [-0.2, 0) is 17.8 Å². The van der Waals surface area contributed by atoms with Crippen molar-refractivity contribution in [3.05, 3.63) is 71.8 Å². The number of rotatable bonds is 9. The zero-order chi connectivity index (χ0) is 22.2. The molecule has 3 rings (SSSR count). The fraction of sp³-hybridized carbons (Fsp3) is 0.227. The van der Waals surface area contributed by atoms with Gasteiger partial charge in [0.05, 0.1) is 32.9 Å². The number of nitrogens with zero attached hydrogens (tertiary/aromatic N) is 2. The number of benzene rings is 2. The van der Waals surface area contributed by atoms with Crippen LogP contribution in [0.3, 0.4) is 0 Å². The molecule has 8 nitrogen and oxygen atoms in total. The van der Waals surface area contributed by atoms with Crippen molar-refractivity contribution in [1.29, 1.82) is 0 Å². The number of carbonyl (C=O) groups is 2. The number of hydrogen-bond acceptors (Lipinski definition) is 5. The SMILES string of the molecule is COc1cc(C(=O)NCCn2cccn2)cc(NC(=O)Cc2ccc(F)cc2)c1OC. The predicted octanol–water partition coefficient (Wildman–Crippen LogP) is 2.65. The van der Waals surface area contributed by atoms with Crippen molar-refractivity contribution >= 4 is 17.5 Å². The minimum Gasteiger partial charge on any atom is -0.493 e. The normalized spacial score (nSPS) is 10.4. The van der Waals surface area contributed by atoms with Gasteiger partial charge in [-0.05, 0) is 35.9 Å². The summed E-state index contributed by atoms with van der Waals surface area (Å²) in [5.41, 5.74) is 1.25. The average Bonchev–Trinajstić information content (AvgIpc) is 3.28. The molecule has 2 amide bonds. The molecule has 0 spiro atoms. The summed E-state index contributed by atoms with van der Waals surface area (Å²) in [4.78, 5) is 25.1. The summed E-state index contributed by atoms with van der Waals surface area (Å²) in [6, 6.07) is 10.5. The largest absolute Gasteiger partial charge is 0.493 e.